The maximum Gasteiger partial charge on any atom is 0.0768 e. The van der Waals surface area contributed by atoms with Gasteiger partial charge < -0.3 is 0 Å². The molecule has 0 aliphatic carbocycles. The van der Waals surface area contributed by atoms with Gasteiger partial charge in [-0.2, -0.15) is 0 Å². The first-order chi connectivity index (χ1) is 8.08. The van der Waals surface area contributed by atoms with Gasteiger partial charge in [0.25, 0.3) is 0 Å². The predicted octanol–water partition coefficient (Wildman–Crippen LogP) is 4.05. The monoisotopic (exact) mass is 309 g/mol. The summed E-state index contributed by atoms with van der Waals surface area (Å²) in [6.07, 6.45) is 0. The Labute approximate surface area is 110 Å². The summed E-state index contributed by atoms with van der Waals surface area (Å²) in [5, 5.41) is 0. The third-order valence-electron chi connectivity index (χ3n) is 2.39. The molecule has 1 N–H and O–H groups in total. The van der Waals surface area contributed by atoms with E-state index >= 15 is 0 Å². The van der Waals surface area contributed by atoms with E-state index in [1.165, 1.54) is 0 Å². The van der Waals surface area contributed by atoms with Crippen LogP contribution in [0.25, 0.3) is 0 Å². The third kappa shape index (κ3) is 3.17. The Morgan fingerprint density at radius 1 is 1.06 bits per heavy atom. The lowest BCUT2D eigenvalue weighted by atomic mass is 10.2. The molecule has 4 heteroatoms. The molecule has 0 heterocycles. The maximum absolute atomic E-state index is 12.4. The molecule has 2 aromatic carbocycles. The van der Waals surface area contributed by atoms with Gasteiger partial charge in [0.05, 0.1) is 15.5 Å². The van der Waals surface area contributed by atoms with Crippen molar-refractivity contribution in [3.63, 3.8) is 0 Å². The largest absolute Gasteiger partial charge is 0.249 e. The van der Waals surface area contributed by atoms with Crippen LogP contribution in [0, 0.1) is 4.78 Å². The van der Waals surface area contributed by atoms with Crippen LogP contribution in [-0.2, 0) is 15.5 Å². The minimum atomic E-state index is -2.77. The van der Waals surface area contributed by atoms with Crippen molar-refractivity contribution in [2.45, 2.75) is 10.6 Å². The van der Waals surface area contributed by atoms with E-state index in [1.54, 1.807) is 18.2 Å². The van der Waals surface area contributed by atoms with E-state index in [0.717, 1.165) is 10.0 Å². The van der Waals surface area contributed by atoms with Crippen LogP contribution in [0.5, 0.6) is 0 Å². The molecule has 0 aliphatic rings. The van der Waals surface area contributed by atoms with E-state index in [4.69, 9.17) is 4.78 Å². The van der Waals surface area contributed by atoms with Gasteiger partial charge in [-0.1, -0.05) is 52.3 Å². The van der Waals surface area contributed by atoms with Crippen molar-refractivity contribution in [1.29, 1.82) is 4.78 Å². The van der Waals surface area contributed by atoms with Crippen molar-refractivity contribution >= 4 is 25.7 Å². The highest BCUT2D eigenvalue weighted by molar-refractivity contribution is 9.10. The highest BCUT2D eigenvalue weighted by Gasteiger charge is 2.11. The molecule has 0 saturated carbocycles. The standard InChI is InChI=1S/C13H12BrNOS/c14-12-7-4-8-13(9-12)17(15,16)10-11-5-2-1-3-6-11/h1-9,15H,10H2. The lowest BCUT2D eigenvalue weighted by molar-refractivity contribution is 0.674. The molecule has 0 spiro atoms. The fourth-order valence-corrected chi connectivity index (χ4v) is 3.56. The smallest absolute Gasteiger partial charge is 0.0768 e. The molecular weight excluding hydrogens is 298 g/mol. The Bertz CT molecular complexity index is 608. The topological polar surface area (TPSA) is 40.9 Å². The van der Waals surface area contributed by atoms with Crippen molar-refractivity contribution in [3.05, 3.63) is 64.6 Å². The second-order valence-electron chi connectivity index (χ2n) is 3.76. The minimum absolute atomic E-state index is 0.254. The van der Waals surface area contributed by atoms with Crippen LogP contribution in [-0.4, -0.2) is 4.21 Å². The zero-order valence-electron chi connectivity index (χ0n) is 9.10. The van der Waals surface area contributed by atoms with E-state index in [-0.39, 0.29) is 5.75 Å². The van der Waals surface area contributed by atoms with E-state index in [9.17, 15) is 4.21 Å². The number of benzene rings is 2. The molecule has 1 unspecified atom stereocenters. The minimum Gasteiger partial charge on any atom is -0.249 e. The fraction of sp³-hybridized carbons (Fsp3) is 0.0769. The van der Waals surface area contributed by atoms with Crippen LogP contribution in [0.4, 0.5) is 0 Å². The fourth-order valence-electron chi connectivity index (χ4n) is 1.56. The van der Waals surface area contributed by atoms with Gasteiger partial charge >= 0.3 is 0 Å². The Balaban J connectivity index is 2.32. The van der Waals surface area contributed by atoms with Gasteiger partial charge in [0.2, 0.25) is 0 Å². The Hall–Kier alpha value is -1.13. The van der Waals surface area contributed by atoms with Gasteiger partial charge in [-0.3, -0.25) is 0 Å². The van der Waals surface area contributed by atoms with Crippen molar-refractivity contribution in [3.8, 4) is 0 Å². The van der Waals surface area contributed by atoms with Crippen LogP contribution in [0.3, 0.4) is 0 Å². The summed E-state index contributed by atoms with van der Waals surface area (Å²) in [6.45, 7) is 0. The van der Waals surface area contributed by atoms with E-state index in [2.05, 4.69) is 15.9 Å². The highest BCUT2D eigenvalue weighted by atomic mass is 79.9. The summed E-state index contributed by atoms with van der Waals surface area (Å²) in [5.74, 6) is 0.254. The molecule has 0 fully saturated rings. The molecule has 17 heavy (non-hydrogen) atoms. The predicted molar refractivity (Wildman–Crippen MR) is 73.4 cm³/mol. The normalized spacial score (nSPS) is 14.2. The molecule has 0 aromatic heterocycles. The molecule has 1 atom stereocenters. The average molecular weight is 310 g/mol. The first-order valence-electron chi connectivity index (χ1n) is 5.14. The zero-order valence-corrected chi connectivity index (χ0v) is 11.5. The second-order valence-corrected chi connectivity index (χ2v) is 6.79. The van der Waals surface area contributed by atoms with E-state index in [0.29, 0.717) is 4.90 Å². The van der Waals surface area contributed by atoms with Gasteiger partial charge in [0.15, 0.2) is 0 Å². The van der Waals surface area contributed by atoms with E-state index < -0.39 is 9.73 Å². The van der Waals surface area contributed by atoms with Gasteiger partial charge in [-0.25, -0.2) is 8.99 Å². The Kier molecular flexibility index (Phi) is 3.64. The molecular formula is C13H12BrNOS. The van der Waals surface area contributed by atoms with Crippen molar-refractivity contribution in [2.75, 3.05) is 0 Å². The van der Waals surface area contributed by atoms with Crippen molar-refractivity contribution in [1.82, 2.24) is 0 Å². The maximum atomic E-state index is 12.4. The summed E-state index contributed by atoms with van der Waals surface area (Å²) in [4.78, 5) is 0.565. The van der Waals surface area contributed by atoms with E-state index in [1.807, 2.05) is 36.4 Å². The van der Waals surface area contributed by atoms with Crippen molar-refractivity contribution in [2.24, 2.45) is 0 Å². The highest BCUT2D eigenvalue weighted by Crippen LogP contribution is 2.20. The molecule has 0 saturated heterocycles. The average Bonchev–Trinajstić information content (AvgIpc) is 2.30. The molecule has 2 aromatic rings. The van der Waals surface area contributed by atoms with Crippen LogP contribution in [0.2, 0.25) is 0 Å². The van der Waals surface area contributed by atoms with Crippen LogP contribution in [0.1, 0.15) is 5.56 Å². The SMILES string of the molecule is N=S(=O)(Cc1ccccc1)c1cccc(Br)c1. The third-order valence-corrected chi connectivity index (χ3v) is 4.64. The second kappa shape index (κ2) is 5.02. The van der Waals surface area contributed by atoms with Crippen LogP contribution in [0.15, 0.2) is 64.0 Å². The van der Waals surface area contributed by atoms with Crippen LogP contribution >= 0.6 is 15.9 Å². The van der Waals surface area contributed by atoms with Gasteiger partial charge in [-0.15, -0.1) is 0 Å². The number of halogens is 1. The molecule has 0 amide bonds. The molecule has 2 nitrogen and oxygen atoms in total. The molecule has 2 rings (SSSR count). The summed E-state index contributed by atoms with van der Waals surface area (Å²) in [6, 6.07) is 16.6. The number of rotatable bonds is 3. The first kappa shape index (κ1) is 12.3. The number of nitrogens with one attached hydrogen (secondary N) is 1. The molecule has 0 radical (unpaired) electrons. The summed E-state index contributed by atoms with van der Waals surface area (Å²) in [7, 11) is -2.77. The number of hydrogen-bond acceptors (Lipinski definition) is 2. The summed E-state index contributed by atoms with van der Waals surface area (Å²) in [5.41, 5.74) is 0.924. The quantitative estimate of drug-likeness (QED) is 0.912. The van der Waals surface area contributed by atoms with Gasteiger partial charge in [-0.05, 0) is 23.8 Å². The summed E-state index contributed by atoms with van der Waals surface area (Å²) < 4.78 is 21.2. The van der Waals surface area contributed by atoms with Gasteiger partial charge in [0.1, 0.15) is 0 Å². The van der Waals surface area contributed by atoms with Crippen molar-refractivity contribution < 1.29 is 4.21 Å². The Morgan fingerprint density at radius 3 is 2.41 bits per heavy atom. The molecule has 88 valence electrons. The molecule has 0 aliphatic heterocycles. The lowest BCUT2D eigenvalue weighted by Gasteiger charge is -2.08. The molecule has 0 bridgehead atoms. The van der Waals surface area contributed by atoms with Crippen LogP contribution < -0.4 is 0 Å². The van der Waals surface area contributed by atoms with Gasteiger partial charge in [0, 0.05) is 9.37 Å². The Morgan fingerprint density at radius 2 is 1.76 bits per heavy atom. The lowest BCUT2D eigenvalue weighted by Crippen LogP contribution is -2.02. The summed E-state index contributed by atoms with van der Waals surface area (Å²) >= 11 is 3.33. The zero-order chi connectivity index (χ0) is 12.3. The first-order valence-corrected chi connectivity index (χ1v) is 7.66. The number of hydrogen-bond donors (Lipinski definition) is 1.